The number of methoxy groups -OCH3 is 1. The number of halogens is 1. The lowest BCUT2D eigenvalue weighted by atomic mass is 9.99. The summed E-state index contributed by atoms with van der Waals surface area (Å²) in [6, 6.07) is 11.7. The first-order valence-electron chi connectivity index (χ1n) is 9.47. The van der Waals surface area contributed by atoms with Crippen molar-refractivity contribution in [3.8, 4) is 23.0 Å². The van der Waals surface area contributed by atoms with Crippen molar-refractivity contribution in [1.82, 2.24) is 10.3 Å². The summed E-state index contributed by atoms with van der Waals surface area (Å²) in [6.07, 6.45) is 3.85. The highest BCUT2D eigenvalue weighted by Crippen LogP contribution is 2.37. The lowest BCUT2D eigenvalue weighted by Gasteiger charge is -2.23. The summed E-state index contributed by atoms with van der Waals surface area (Å²) in [4.78, 5) is 4.42. The van der Waals surface area contributed by atoms with E-state index in [2.05, 4.69) is 10.3 Å². The van der Waals surface area contributed by atoms with E-state index in [1.165, 1.54) is 6.07 Å². The van der Waals surface area contributed by atoms with Crippen LogP contribution in [0.2, 0.25) is 0 Å². The minimum Gasteiger partial charge on any atom is -0.493 e. The first-order valence-corrected chi connectivity index (χ1v) is 9.47. The lowest BCUT2D eigenvalue weighted by Crippen LogP contribution is -2.30. The van der Waals surface area contributed by atoms with Crippen molar-refractivity contribution in [2.75, 3.05) is 26.8 Å². The predicted octanol–water partition coefficient (Wildman–Crippen LogP) is 4.55. The number of nitrogens with one attached hydrogen (secondary N) is 1. The third-order valence-electron chi connectivity index (χ3n) is 4.98. The number of hydrogen-bond acceptors (Lipinski definition) is 5. The zero-order chi connectivity index (χ0) is 19.3. The Hall–Kier alpha value is -2.86. The Morgan fingerprint density at radius 3 is 2.64 bits per heavy atom. The van der Waals surface area contributed by atoms with Gasteiger partial charge in [0.1, 0.15) is 5.75 Å². The number of hydrogen-bond donors (Lipinski definition) is 1. The summed E-state index contributed by atoms with van der Waals surface area (Å²) in [5, 5.41) is 4.09. The summed E-state index contributed by atoms with van der Waals surface area (Å²) in [5.41, 5.74) is 0.704. The van der Waals surface area contributed by atoms with Gasteiger partial charge in [0.05, 0.1) is 19.2 Å². The number of nitrogens with zero attached hydrogens (tertiary/aromatic N) is 1. The van der Waals surface area contributed by atoms with E-state index in [1.54, 1.807) is 37.6 Å². The standard InChI is InChI=1S/C22H23FN2O3/c1-26-21-12-16-18(13-22(21)27-14-15-6-9-24-10-7-15)25-11-8-19(16)28-20-5-3-2-4-17(20)23/h2-5,8,11-13,15,24H,6-7,9-10,14H2,1H3. The zero-order valence-corrected chi connectivity index (χ0v) is 15.8. The number of benzene rings is 2. The van der Waals surface area contributed by atoms with Crippen LogP contribution in [-0.4, -0.2) is 31.8 Å². The average Bonchev–Trinajstić information content (AvgIpc) is 2.74. The maximum absolute atomic E-state index is 14.0. The van der Waals surface area contributed by atoms with Gasteiger partial charge in [0.25, 0.3) is 0 Å². The molecule has 4 rings (SSSR count). The zero-order valence-electron chi connectivity index (χ0n) is 15.8. The molecule has 1 aromatic heterocycles. The van der Waals surface area contributed by atoms with Crippen LogP contribution >= 0.6 is 0 Å². The Morgan fingerprint density at radius 1 is 1.04 bits per heavy atom. The second kappa shape index (κ2) is 8.44. The summed E-state index contributed by atoms with van der Waals surface area (Å²) in [7, 11) is 1.60. The molecule has 2 aromatic carbocycles. The maximum atomic E-state index is 14.0. The number of rotatable bonds is 6. The molecule has 5 nitrogen and oxygen atoms in total. The van der Waals surface area contributed by atoms with Crippen LogP contribution in [0.4, 0.5) is 4.39 Å². The monoisotopic (exact) mass is 382 g/mol. The normalized spacial score (nSPS) is 14.8. The average molecular weight is 382 g/mol. The molecule has 28 heavy (non-hydrogen) atoms. The van der Waals surface area contributed by atoms with Gasteiger partial charge in [0.15, 0.2) is 23.1 Å². The van der Waals surface area contributed by atoms with Gasteiger partial charge < -0.3 is 19.5 Å². The third-order valence-corrected chi connectivity index (χ3v) is 4.98. The molecule has 146 valence electrons. The van der Waals surface area contributed by atoms with Gasteiger partial charge in [0.2, 0.25) is 0 Å². The van der Waals surface area contributed by atoms with Crippen LogP contribution in [0, 0.1) is 11.7 Å². The van der Waals surface area contributed by atoms with E-state index in [0.717, 1.165) is 31.3 Å². The maximum Gasteiger partial charge on any atom is 0.165 e. The summed E-state index contributed by atoms with van der Waals surface area (Å²) in [6.45, 7) is 2.71. The fourth-order valence-electron chi connectivity index (χ4n) is 3.39. The fraction of sp³-hybridized carbons (Fsp3) is 0.318. The van der Waals surface area contributed by atoms with Crippen molar-refractivity contribution in [3.05, 3.63) is 54.5 Å². The van der Waals surface area contributed by atoms with E-state index in [0.29, 0.717) is 35.3 Å². The SMILES string of the molecule is COc1cc2c(Oc3ccccc3F)ccnc2cc1OCC1CCNCC1. The van der Waals surface area contributed by atoms with Gasteiger partial charge in [-0.05, 0) is 56.1 Å². The van der Waals surface area contributed by atoms with E-state index in [1.807, 2.05) is 12.1 Å². The van der Waals surface area contributed by atoms with Crippen LogP contribution in [-0.2, 0) is 0 Å². The quantitative estimate of drug-likeness (QED) is 0.678. The van der Waals surface area contributed by atoms with Crippen molar-refractivity contribution in [2.24, 2.45) is 5.92 Å². The Morgan fingerprint density at radius 2 is 1.86 bits per heavy atom. The first kappa shape index (κ1) is 18.5. The van der Waals surface area contributed by atoms with Crippen molar-refractivity contribution >= 4 is 10.9 Å². The molecule has 2 heterocycles. The van der Waals surface area contributed by atoms with Crippen LogP contribution in [0.15, 0.2) is 48.7 Å². The van der Waals surface area contributed by atoms with E-state index < -0.39 is 5.82 Å². The van der Waals surface area contributed by atoms with E-state index >= 15 is 0 Å². The van der Waals surface area contributed by atoms with Gasteiger partial charge in [-0.1, -0.05) is 12.1 Å². The number of aromatic nitrogens is 1. The Labute approximate surface area is 163 Å². The highest BCUT2D eigenvalue weighted by Gasteiger charge is 2.17. The number of ether oxygens (including phenoxy) is 3. The molecule has 1 fully saturated rings. The number of fused-ring (bicyclic) bond motifs is 1. The van der Waals surface area contributed by atoms with Gasteiger partial charge in [-0.3, -0.25) is 4.98 Å². The van der Waals surface area contributed by atoms with Gasteiger partial charge in [0, 0.05) is 17.6 Å². The van der Waals surface area contributed by atoms with Crippen LogP contribution < -0.4 is 19.5 Å². The van der Waals surface area contributed by atoms with Gasteiger partial charge in [-0.15, -0.1) is 0 Å². The van der Waals surface area contributed by atoms with Gasteiger partial charge in [-0.2, -0.15) is 0 Å². The van der Waals surface area contributed by atoms with E-state index in [9.17, 15) is 4.39 Å². The molecule has 0 unspecified atom stereocenters. The topological polar surface area (TPSA) is 52.6 Å². The largest absolute Gasteiger partial charge is 0.493 e. The van der Waals surface area contributed by atoms with Gasteiger partial charge >= 0.3 is 0 Å². The Bertz CT molecular complexity index is 958. The molecular weight excluding hydrogens is 359 g/mol. The summed E-state index contributed by atoms with van der Waals surface area (Å²) in [5.74, 6) is 2.06. The molecule has 0 spiro atoms. The van der Waals surface area contributed by atoms with Crippen molar-refractivity contribution in [1.29, 1.82) is 0 Å². The smallest absolute Gasteiger partial charge is 0.165 e. The van der Waals surface area contributed by atoms with Crippen LogP contribution in [0.25, 0.3) is 10.9 Å². The second-order valence-electron chi connectivity index (χ2n) is 6.87. The number of piperidine rings is 1. The molecule has 0 amide bonds. The second-order valence-corrected chi connectivity index (χ2v) is 6.87. The molecule has 0 radical (unpaired) electrons. The molecule has 0 aliphatic carbocycles. The van der Waals surface area contributed by atoms with E-state index in [4.69, 9.17) is 14.2 Å². The highest BCUT2D eigenvalue weighted by atomic mass is 19.1. The summed E-state index contributed by atoms with van der Waals surface area (Å²) >= 11 is 0. The molecule has 1 aliphatic rings. The molecular formula is C22H23FN2O3. The first-order chi connectivity index (χ1) is 13.7. The number of pyridine rings is 1. The van der Waals surface area contributed by atoms with Crippen LogP contribution in [0.5, 0.6) is 23.0 Å². The fourth-order valence-corrected chi connectivity index (χ4v) is 3.39. The minimum absolute atomic E-state index is 0.167. The molecule has 6 heteroatoms. The van der Waals surface area contributed by atoms with Crippen molar-refractivity contribution in [2.45, 2.75) is 12.8 Å². The molecule has 0 saturated carbocycles. The number of para-hydroxylation sites is 1. The van der Waals surface area contributed by atoms with Crippen molar-refractivity contribution < 1.29 is 18.6 Å². The van der Waals surface area contributed by atoms with Gasteiger partial charge in [-0.25, -0.2) is 4.39 Å². The third kappa shape index (κ3) is 4.02. The highest BCUT2D eigenvalue weighted by molar-refractivity contribution is 5.88. The Balaban J connectivity index is 1.62. The Kier molecular flexibility index (Phi) is 5.58. The molecule has 3 aromatic rings. The van der Waals surface area contributed by atoms with E-state index in [-0.39, 0.29) is 5.75 Å². The summed E-state index contributed by atoms with van der Waals surface area (Å²) < 4.78 is 31.4. The predicted molar refractivity (Wildman–Crippen MR) is 106 cm³/mol. The molecule has 1 saturated heterocycles. The minimum atomic E-state index is -0.415. The molecule has 1 N–H and O–H groups in total. The molecule has 0 atom stereocenters. The van der Waals surface area contributed by atoms with Crippen LogP contribution in [0.3, 0.4) is 0 Å². The lowest BCUT2D eigenvalue weighted by molar-refractivity contribution is 0.208. The van der Waals surface area contributed by atoms with Crippen molar-refractivity contribution in [3.63, 3.8) is 0 Å². The molecule has 0 bridgehead atoms. The van der Waals surface area contributed by atoms with Crippen LogP contribution in [0.1, 0.15) is 12.8 Å². The molecule has 1 aliphatic heterocycles.